The topological polar surface area (TPSA) is 71.0 Å². The average Bonchev–Trinajstić information content (AvgIpc) is 2.80. The van der Waals surface area contributed by atoms with Gasteiger partial charge < -0.3 is 19.5 Å². The molecule has 0 bridgehead atoms. The SMILES string of the molecule is CN(C)CCNC(C(=O)O)c1ccc2c(c1)OCO2. The van der Waals surface area contributed by atoms with E-state index in [1.54, 1.807) is 18.2 Å². The molecule has 1 aromatic carbocycles. The number of rotatable bonds is 6. The molecule has 2 N–H and O–H groups in total. The fourth-order valence-electron chi connectivity index (χ4n) is 1.87. The van der Waals surface area contributed by atoms with E-state index >= 15 is 0 Å². The second-order valence-corrected chi connectivity index (χ2v) is 4.64. The maximum absolute atomic E-state index is 11.3. The Morgan fingerprint density at radius 3 is 2.84 bits per heavy atom. The largest absolute Gasteiger partial charge is 0.480 e. The molecular weight excluding hydrogens is 248 g/mol. The summed E-state index contributed by atoms with van der Waals surface area (Å²) >= 11 is 0. The maximum Gasteiger partial charge on any atom is 0.325 e. The normalized spacial score (nSPS) is 14.7. The standard InChI is InChI=1S/C13H18N2O4/c1-15(2)6-5-14-12(13(16)17)9-3-4-10-11(7-9)19-8-18-10/h3-4,7,12,14H,5-6,8H2,1-2H3,(H,16,17). The quantitative estimate of drug-likeness (QED) is 0.789. The van der Waals surface area contributed by atoms with Crippen LogP contribution < -0.4 is 14.8 Å². The van der Waals surface area contributed by atoms with Crippen molar-refractivity contribution < 1.29 is 19.4 Å². The monoisotopic (exact) mass is 266 g/mol. The molecule has 104 valence electrons. The lowest BCUT2D eigenvalue weighted by Gasteiger charge is -2.17. The van der Waals surface area contributed by atoms with Crippen LogP contribution in [0.3, 0.4) is 0 Å². The highest BCUT2D eigenvalue weighted by Crippen LogP contribution is 2.34. The molecule has 0 spiro atoms. The van der Waals surface area contributed by atoms with Gasteiger partial charge in [0.2, 0.25) is 6.79 Å². The summed E-state index contributed by atoms with van der Waals surface area (Å²) in [6, 6.07) is 4.45. The fourth-order valence-corrected chi connectivity index (χ4v) is 1.87. The van der Waals surface area contributed by atoms with Gasteiger partial charge in [-0.1, -0.05) is 6.07 Å². The molecule has 6 nitrogen and oxygen atoms in total. The number of fused-ring (bicyclic) bond motifs is 1. The van der Waals surface area contributed by atoms with Crippen molar-refractivity contribution in [1.82, 2.24) is 10.2 Å². The zero-order valence-corrected chi connectivity index (χ0v) is 11.0. The van der Waals surface area contributed by atoms with E-state index in [-0.39, 0.29) is 6.79 Å². The molecule has 0 amide bonds. The summed E-state index contributed by atoms with van der Waals surface area (Å²) in [4.78, 5) is 13.3. The molecule has 0 aromatic heterocycles. The van der Waals surface area contributed by atoms with Gasteiger partial charge in [-0.2, -0.15) is 0 Å². The van der Waals surface area contributed by atoms with Gasteiger partial charge in [0.25, 0.3) is 0 Å². The van der Waals surface area contributed by atoms with E-state index in [0.717, 1.165) is 6.54 Å². The number of likely N-dealkylation sites (N-methyl/N-ethyl adjacent to an activating group) is 1. The van der Waals surface area contributed by atoms with Crippen LogP contribution in [0.4, 0.5) is 0 Å². The first kappa shape index (κ1) is 13.6. The molecule has 1 heterocycles. The summed E-state index contributed by atoms with van der Waals surface area (Å²) in [5.74, 6) is 0.344. The Morgan fingerprint density at radius 2 is 2.16 bits per heavy atom. The summed E-state index contributed by atoms with van der Waals surface area (Å²) in [6.07, 6.45) is 0. The molecule has 1 atom stereocenters. The highest BCUT2D eigenvalue weighted by atomic mass is 16.7. The Bertz CT molecular complexity index is 462. The number of nitrogens with one attached hydrogen (secondary N) is 1. The van der Waals surface area contributed by atoms with Gasteiger partial charge >= 0.3 is 5.97 Å². The van der Waals surface area contributed by atoms with Gasteiger partial charge in [-0.25, -0.2) is 0 Å². The van der Waals surface area contributed by atoms with Crippen molar-refractivity contribution >= 4 is 5.97 Å². The second-order valence-electron chi connectivity index (χ2n) is 4.64. The van der Waals surface area contributed by atoms with Crippen LogP contribution in [-0.4, -0.2) is 50.0 Å². The van der Waals surface area contributed by atoms with Gasteiger partial charge in [0, 0.05) is 13.1 Å². The van der Waals surface area contributed by atoms with Crippen LogP contribution in [0.5, 0.6) is 11.5 Å². The Kier molecular flexibility index (Phi) is 4.24. The van der Waals surface area contributed by atoms with Gasteiger partial charge in [0.15, 0.2) is 11.5 Å². The predicted molar refractivity (Wildman–Crippen MR) is 69.5 cm³/mol. The number of carbonyl (C=O) groups is 1. The van der Waals surface area contributed by atoms with Crippen LogP contribution in [0.2, 0.25) is 0 Å². The number of ether oxygens (including phenoxy) is 2. The van der Waals surface area contributed by atoms with E-state index in [1.165, 1.54) is 0 Å². The van der Waals surface area contributed by atoms with Crippen LogP contribution >= 0.6 is 0 Å². The fraction of sp³-hybridized carbons (Fsp3) is 0.462. The first-order valence-corrected chi connectivity index (χ1v) is 6.08. The van der Waals surface area contributed by atoms with E-state index < -0.39 is 12.0 Å². The Balaban J connectivity index is 2.08. The van der Waals surface area contributed by atoms with E-state index in [0.29, 0.717) is 23.6 Å². The van der Waals surface area contributed by atoms with Gasteiger partial charge in [-0.05, 0) is 31.8 Å². The van der Waals surface area contributed by atoms with Crippen molar-refractivity contribution in [1.29, 1.82) is 0 Å². The Hall–Kier alpha value is -1.79. The molecule has 1 aliphatic rings. The summed E-state index contributed by atoms with van der Waals surface area (Å²) < 4.78 is 10.5. The number of benzene rings is 1. The average molecular weight is 266 g/mol. The van der Waals surface area contributed by atoms with Crippen LogP contribution in [0, 0.1) is 0 Å². The number of carboxylic acid groups (broad SMARTS) is 1. The summed E-state index contributed by atoms with van der Waals surface area (Å²) in [5.41, 5.74) is 0.663. The zero-order chi connectivity index (χ0) is 13.8. The van der Waals surface area contributed by atoms with Crippen molar-refractivity contribution in [3.63, 3.8) is 0 Å². The predicted octanol–water partition coefficient (Wildman–Crippen LogP) is 0.692. The molecule has 1 aliphatic heterocycles. The number of carboxylic acids is 1. The molecule has 1 unspecified atom stereocenters. The minimum absolute atomic E-state index is 0.185. The zero-order valence-electron chi connectivity index (χ0n) is 11.0. The molecule has 6 heteroatoms. The summed E-state index contributed by atoms with van der Waals surface area (Å²) in [5, 5.41) is 12.3. The van der Waals surface area contributed by atoms with Crippen LogP contribution in [0.1, 0.15) is 11.6 Å². The first-order chi connectivity index (χ1) is 9.08. The lowest BCUT2D eigenvalue weighted by atomic mass is 10.1. The number of hydrogen-bond acceptors (Lipinski definition) is 5. The van der Waals surface area contributed by atoms with Crippen LogP contribution in [-0.2, 0) is 4.79 Å². The number of hydrogen-bond donors (Lipinski definition) is 2. The molecule has 2 rings (SSSR count). The Morgan fingerprint density at radius 1 is 1.42 bits per heavy atom. The van der Waals surface area contributed by atoms with Gasteiger partial charge in [-0.3, -0.25) is 10.1 Å². The molecule has 0 saturated carbocycles. The molecule has 0 fully saturated rings. The van der Waals surface area contributed by atoms with E-state index in [2.05, 4.69) is 5.32 Å². The molecule has 0 saturated heterocycles. The third-order valence-electron chi connectivity index (χ3n) is 2.88. The molecule has 1 aromatic rings. The van der Waals surface area contributed by atoms with Crippen LogP contribution in [0.15, 0.2) is 18.2 Å². The lowest BCUT2D eigenvalue weighted by Crippen LogP contribution is -2.33. The number of nitrogens with zero attached hydrogens (tertiary/aromatic N) is 1. The van der Waals surface area contributed by atoms with E-state index in [9.17, 15) is 9.90 Å². The highest BCUT2D eigenvalue weighted by Gasteiger charge is 2.22. The first-order valence-electron chi connectivity index (χ1n) is 6.08. The van der Waals surface area contributed by atoms with Gasteiger partial charge in [-0.15, -0.1) is 0 Å². The molecule has 19 heavy (non-hydrogen) atoms. The smallest absolute Gasteiger partial charge is 0.325 e. The van der Waals surface area contributed by atoms with Crippen molar-refractivity contribution in [2.75, 3.05) is 34.0 Å². The summed E-state index contributed by atoms with van der Waals surface area (Å²) in [6.45, 7) is 1.55. The van der Waals surface area contributed by atoms with Crippen molar-refractivity contribution in [2.24, 2.45) is 0 Å². The highest BCUT2D eigenvalue weighted by molar-refractivity contribution is 5.76. The van der Waals surface area contributed by atoms with Gasteiger partial charge in [0.05, 0.1) is 0 Å². The van der Waals surface area contributed by atoms with E-state index in [1.807, 2.05) is 19.0 Å². The molecule has 0 aliphatic carbocycles. The minimum Gasteiger partial charge on any atom is -0.480 e. The number of aliphatic carboxylic acids is 1. The third kappa shape index (κ3) is 3.36. The third-order valence-corrected chi connectivity index (χ3v) is 2.88. The van der Waals surface area contributed by atoms with Crippen molar-refractivity contribution in [2.45, 2.75) is 6.04 Å². The van der Waals surface area contributed by atoms with Crippen molar-refractivity contribution in [3.8, 4) is 11.5 Å². The van der Waals surface area contributed by atoms with Crippen molar-refractivity contribution in [3.05, 3.63) is 23.8 Å². The lowest BCUT2D eigenvalue weighted by molar-refractivity contribution is -0.139. The Labute approximate surface area is 111 Å². The van der Waals surface area contributed by atoms with E-state index in [4.69, 9.17) is 9.47 Å². The van der Waals surface area contributed by atoms with Gasteiger partial charge in [0.1, 0.15) is 6.04 Å². The minimum atomic E-state index is -0.905. The maximum atomic E-state index is 11.3. The molecular formula is C13H18N2O4. The molecule has 0 radical (unpaired) electrons. The summed E-state index contributed by atoms with van der Waals surface area (Å²) in [7, 11) is 3.88. The second kappa shape index (κ2) is 5.90. The van der Waals surface area contributed by atoms with Crippen LogP contribution in [0.25, 0.3) is 0 Å².